The van der Waals surface area contributed by atoms with Gasteiger partial charge in [0.05, 0.1) is 5.60 Å². The molecule has 28 heavy (non-hydrogen) atoms. The second-order valence-electron chi connectivity index (χ2n) is 8.93. The minimum atomic E-state index is -0.658. The molecule has 2 fully saturated rings. The van der Waals surface area contributed by atoms with E-state index in [2.05, 4.69) is 40.1 Å². The van der Waals surface area contributed by atoms with E-state index in [-0.39, 0.29) is 5.91 Å². The van der Waals surface area contributed by atoms with Gasteiger partial charge in [0.15, 0.2) is 0 Å². The Morgan fingerprint density at radius 2 is 1.71 bits per heavy atom. The van der Waals surface area contributed by atoms with Crippen LogP contribution >= 0.6 is 0 Å². The van der Waals surface area contributed by atoms with Gasteiger partial charge in [-0.05, 0) is 56.4 Å². The lowest BCUT2D eigenvalue weighted by atomic mass is 9.98. The zero-order chi connectivity index (χ0) is 19.7. The molecule has 2 aliphatic rings. The standard InChI is InChI=1S/C24H30N2O2/c1-24(2,28)13-12-18-8-10-20(11-9-18)23(27)26-17-21-14-22(26)16-25(21)15-19-6-4-3-5-7-19/h3-11,21-22,28H,12-17H2,1-2H3/t21-,22-/m0/s1. The van der Waals surface area contributed by atoms with Gasteiger partial charge in [-0.1, -0.05) is 42.5 Å². The number of fused-ring (bicyclic) bond motifs is 2. The van der Waals surface area contributed by atoms with Crippen LogP contribution in [0.3, 0.4) is 0 Å². The van der Waals surface area contributed by atoms with Crippen molar-refractivity contribution in [2.75, 3.05) is 13.1 Å². The molecular formula is C24H30N2O2. The van der Waals surface area contributed by atoms with Crippen LogP contribution < -0.4 is 0 Å². The number of carbonyl (C=O) groups is 1. The van der Waals surface area contributed by atoms with Crippen LogP contribution in [0.2, 0.25) is 0 Å². The van der Waals surface area contributed by atoms with E-state index < -0.39 is 5.60 Å². The summed E-state index contributed by atoms with van der Waals surface area (Å²) in [5.41, 5.74) is 2.62. The van der Waals surface area contributed by atoms with Crippen molar-refractivity contribution < 1.29 is 9.90 Å². The van der Waals surface area contributed by atoms with E-state index >= 15 is 0 Å². The molecule has 148 valence electrons. The Kier molecular flexibility index (Phi) is 5.26. The maximum atomic E-state index is 13.0. The SMILES string of the molecule is CC(C)(O)CCc1ccc(C(=O)N2C[C@@H]3C[C@H]2CN3Cc2ccccc2)cc1. The molecule has 0 saturated carbocycles. The Morgan fingerprint density at radius 3 is 2.32 bits per heavy atom. The first-order valence-corrected chi connectivity index (χ1v) is 10.3. The maximum absolute atomic E-state index is 13.0. The van der Waals surface area contributed by atoms with E-state index in [4.69, 9.17) is 0 Å². The summed E-state index contributed by atoms with van der Waals surface area (Å²) in [6.07, 6.45) is 2.62. The first kappa shape index (κ1) is 19.2. The van der Waals surface area contributed by atoms with E-state index in [1.807, 2.05) is 38.1 Å². The van der Waals surface area contributed by atoms with Crippen LogP contribution in [-0.2, 0) is 13.0 Å². The van der Waals surface area contributed by atoms with Crippen LogP contribution in [0.4, 0.5) is 0 Å². The highest BCUT2D eigenvalue weighted by molar-refractivity contribution is 5.94. The highest BCUT2D eigenvalue weighted by Crippen LogP contribution is 2.33. The number of amides is 1. The molecule has 2 heterocycles. The number of likely N-dealkylation sites (tertiary alicyclic amines) is 2. The fraction of sp³-hybridized carbons (Fsp3) is 0.458. The van der Waals surface area contributed by atoms with E-state index in [0.717, 1.165) is 43.6 Å². The van der Waals surface area contributed by atoms with Gasteiger partial charge in [0, 0.05) is 37.3 Å². The molecule has 1 amide bonds. The molecule has 4 nitrogen and oxygen atoms in total. The summed E-state index contributed by atoms with van der Waals surface area (Å²) in [4.78, 5) is 17.6. The van der Waals surface area contributed by atoms with Crippen LogP contribution in [0.25, 0.3) is 0 Å². The van der Waals surface area contributed by atoms with Crippen molar-refractivity contribution in [3.8, 4) is 0 Å². The van der Waals surface area contributed by atoms with E-state index in [1.165, 1.54) is 5.56 Å². The monoisotopic (exact) mass is 378 g/mol. The lowest BCUT2D eigenvalue weighted by Crippen LogP contribution is -2.48. The molecule has 2 aromatic carbocycles. The summed E-state index contributed by atoms with van der Waals surface area (Å²) < 4.78 is 0. The Balaban J connectivity index is 1.34. The third kappa shape index (κ3) is 4.29. The van der Waals surface area contributed by atoms with Crippen LogP contribution in [0, 0.1) is 0 Å². The number of aryl methyl sites for hydroxylation is 1. The van der Waals surface area contributed by atoms with Crippen LogP contribution in [0.5, 0.6) is 0 Å². The second kappa shape index (κ2) is 7.69. The van der Waals surface area contributed by atoms with Crippen LogP contribution in [0.15, 0.2) is 54.6 Å². The molecular weight excluding hydrogens is 348 g/mol. The number of hydrogen-bond acceptors (Lipinski definition) is 3. The third-order valence-corrected chi connectivity index (χ3v) is 6.07. The van der Waals surface area contributed by atoms with Crippen molar-refractivity contribution in [3.05, 3.63) is 71.3 Å². The van der Waals surface area contributed by atoms with Gasteiger partial charge in [-0.15, -0.1) is 0 Å². The van der Waals surface area contributed by atoms with Crippen molar-refractivity contribution in [2.24, 2.45) is 0 Å². The maximum Gasteiger partial charge on any atom is 0.254 e. The number of rotatable bonds is 6. The molecule has 1 N–H and O–H groups in total. The molecule has 0 spiro atoms. The van der Waals surface area contributed by atoms with E-state index in [9.17, 15) is 9.90 Å². The van der Waals surface area contributed by atoms with Crippen molar-refractivity contribution in [3.63, 3.8) is 0 Å². The topological polar surface area (TPSA) is 43.8 Å². The molecule has 0 unspecified atom stereocenters. The van der Waals surface area contributed by atoms with Crippen molar-refractivity contribution >= 4 is 5.91 Å². The highest BCUT2D eigenvalue weighted by atomic mass is 16.3. The zero-order valence-corrected chi connectivity index (χ0v) is 16.8. The van der Waals surface area contributed by atoms with Gasteiger partial charge in [-0.2, -0.15) is 0 Å². The molecule has 2 aliphatic heterocycles. The molecule has 0 radical (unpaired) electrons. The Hall–Kier alpha value is -2.17. The third-order valence-electron chi connectivity index (χ3n) is 6.07. The molecule has 2 atom stereocenters. The Labute approximate surface area is 167 Å². The van der Waals surface area contributed by atoms with Gasteiger partial charge >= 0.3 is 0 Å². The fourth-order valence-corrected chi connectivity index (χ4v) is 4.44. The normalized spacial score (nSPS) is 22.0. The average Bonchev–Trinajstić information content (AvgIpc) is 3.27. The molecule has 2 aromatic rings. The average molecular weight is 379 g/mol. The first-order chi connectivity index (χ1) is 13.4. The second-order valence-corrected chi connectivity index (χ2v) is 8.93. The fourth-order valence-electron chi connectivity index (χ4n) is 4.44. The number of hydrogen-bond donors (Lipinski definition) is 1. The van der Waals surface area contributed by atoms with Gasteiger partial charge in [0.1, 0.15) is 0 Å². The molecule has 0 aromatic heterocycles. The molecule has 4 heteroatoms. The van der Waals surface area contributed by atoms with Crippen molar-refractivity contribution in [1.82, 2.24) is 9.80 Å². The Morgan fingerprint density at radius 1 is 1.00 bits per heavy atom. The molecule has 0 aliphatic carbocycles. The minimum Gasteiger partial charge on any atom is -0.390 e. The summed E-state index contributed by atoms with van der Waals surface area (Å²) >= 11 is 0. The molecule has 4 rings (SSSR count). The van der Waals surface area contributed by atoms with Crippen molar-refractivity contribution in [2.45, 2.75) is 57.3 Å². The van der Waals surface area contributed by atoms with Gasteiger partial charge in [0.2, 0.25) is 0 Å². The summed E-state index contributed by atoms with van der Waals surface area (Å²) in [7, 11) is 0. The zero-order valence-electron chi connectivity index (χ0n) is 16.8. The number of aliphatic hydroxyl groups is 1. The predicted octanol–water partition coefficient (Wildman–Crippen LogP) is 3.49. The number of piperazine rings is 1. The summed E-state index contributed by atoms with van der Waals surface area (Å²) in [5.74, 6) is 0.154. The van der Waals surface area contributed by atoms with Gasteiger partial charge < -0.3 is 10.0 Å². The minimum absolute atomic E-state index is 0.154. The molecule has 2 bridgehead atoms. The Bertz CT molecular complexity index is 811. The largest absolute Gasteiger partial charge is 0.390 e. The summed E-state index contributed by atoms with van der Waals surface area (Å²) in [5, 5.41) is 9.88. The number of nitrogens with zero attached hydrogens (tertiary/aromatic N) is 2. The summed E-state index contributed by atoms with van der Waals surface area (Å²) in [6, 6.07) is 19.3. The van der Waals surface area contributed by atoms with E-state index in [1.54, 1.807) is 0 Å². The smallest absolute Gasteiger partial charge is 0.254 e. The van der Waals surface area contributed by atoms with Gasteiger partial charge in [-0.3, -0.25) is 9.69 Å². The highest BCUT2D eigenvalue weighted by Gasteiger charge is 2.45. The van der Waals surface area contributed by atoms with E-state index in [0.29, 0.717) is 18.5 Å². The van der Waals surface area contributed by atoms with Crippen molar-refractivity contribution in [1.29, 1.82) is 0 Å². The van der Waals surface area contributed by atoms with Crippen LogP contribution in [0.1, 0.15) is 48.2 Å². The summed E-state index contributed by atoms with van der Waals surface area (Å²) in [6.45, 7) is 6.43. The number of carbonyl (C=O) groups excluding carboxylic acids is 1. The molecule has 2 saturated heterocycles. The van der Waals surface area contributed by atoms with Gasteiger partial charge in [-0.25, -0.2) is 0 Å². The first-order valence-electron chi connectivity index (χ1n) is 10.3. The lowest BCUT2D eigenvalue weighted by molar-refractivity contribution is 0.0615. The van der Waals surface area contributed by atoms with Gasteiger partial charge in [0.25, 0.3) is 5.91 Å². The predicted molar refractivity (Wildman–Crippen MR) is 111 cm³/mol. The quantitative estimate of drug-likeness (QED) is 0.837. The van der Waals surface area contributed by atoms with Crippen LogP contribution in [-0.4, -0.2) is 51.6 Å². The number of benzene rings is 2. The lowest BCUT2D eigenvalue weighted by Gasteiger charge is -2.34.